The topological polar surface area (TPSA) is 88.7 Å². The van der Waals surface area contributed by atoms with Crippen LogP contribution in [0.4, 0.5) is 0 Å². The van der Waals surface area contributed by atoms with E-state index in [-0.39, 0.29) is 22.5 Å². The van der Waals surface area contributed by atoms with Crippen molar-refractivity contribution in [2.24, 2.45) is 0 Å². The Bertz CT molecular complexity index is 917. The summed E-state index contributed by atoms with van der Waals surface area (Å²) in [5.74, 6) is -0.132. The lowest BCUT2D eigenvalue weighted by Crippen LogP contribution is -2.35. The number of fused-ring (bicyclic) bond motifs is 1. The second-order valence-electron chi connectivity index (χ2n) is 6.23. The zero-order chi connectivity index (χ0) is 18.7. The summed E-state index contributed by atoms with van der Waals surface area (Å²) in [5, 5.41) is 12.7. The lowest BCUT2D eigenvalue weighted by Gasteiger charge is -2.22. The molecule has 0 unspecified atom stereocenters. The highest BCUT2D eigenvalue weighted by molar-refractivity contribution is 7.09. The first-order valence-corrected chi connectivity index (χ1v) is 10.0. The highest BCUT2D eigenvalue weighted by Gasteiger charge is 2.20. The molecule has 0 bridgehead atoms. The maximum absolute atomic E-state index is 12.9. The van der Waals surface area contributed by atoms with Gasteiger partial charge in [0.15, 0.2) is 5.82 Å². The highest BCUT2D eigenvalue weighted by atomic mass is 35.5. The van der Waals surface area contributed by atoms with E-state index >= 15 is 0 Å². The van der Waals surface area contributed by atoms with E-state index in [0.29, 0.717) is 19.5 Å². The van der Waals surface area contributed by atoms with Gasteiger partial charge in [-0.2, -0.15) is 4.98 Å². The van der Waals surface area contributed by atoms with Crippen LogP contribution in [0.25, 0.3) is 11.5 Å². The molecule has 9 heteroatoms. The molecular weight excluding hydrogens is 374 g/mol. The van der Waals surface area contributed by atoms with Gasteiger partial charge in [0.25, 0.3) is 0 Å². The third kappa shape index (κ3) is 3.76. The summed E-state index contributed by atoms with van der Waals surface area (Å²) >= 11 is 7.49. The maximum Gasteiger partial charge on any atom is 0.329 e. The van der Waals surface area contributed by atoms with Gasteiger partial charge in [-0.15, -0.1) is 11.3 Å². The molecule has 0 atom stereocenters. The molecule has 0 fully saturated rings. The van der Waals surface area contributed by atoms with Crippen LogP contribution < -0.4 is 10.8 Å². The molecule has 0 saturated carbocycles. The molecule has 0 spiro atoms. The monoisotopic (exact) mass is 394 g/mol. The van der Waals surface area contributed by atoms with Crippen LogP contribution in [0.2, 0.25) is 5.28 Å². The second-order valence-corrected chi connectivity index (χ2v) is 7.50. The molecule has 1 aromatic rings. The van der Waals surface area contributed by atoms with Crippen LogP contribution in [0.15, 0.2) is 10.3 Å². The summed E-state index contributed by atoms with van der Waals surface area (Å²) in [6.07, 6.45) is 4.34. The minimum atomic E-state index is -0.419. The van der Waals surface area contributed by atoms with E-state index in [4.69, 9.17) is 11.6 Å². The molecule has 0 amide bonds. The van der Waals surface area contributed by atoms with E-state index < -0.39 is 5.88 Å². The zero-order valence-corrected chi connectivity index (χ0v) is 16.4. The van der Waals surface area contributed by atoms with Crippen LogP contribution in [0.3, 0.4) is 0 Å². The number of halogens is 1. The van der Waals surface area contributed by atoms with Gasteiger partial charge < -0.3 is 9.67 Å². The lowest BCUT2D eigenvalue weighted by atomic mass is 10.2. The average Bonchev–Trinajstić information content (AvgIpc) is 3.19. The molecule has 2 aliphatic rings. The summed E-state index contributed by atoms with van der Waals surface area (Å²) in [6, 6.07) is 0. The van der Waals surface area contributed by atoms with Crippen molar-refractivity contribution in [2.75, 3.05) is 0 Å². The van der Waals surface area contributed by atoms with Crippen molar-refractivity contribution in [3.05, 3.63) is 31.8 Å². The van der Waals surface area contributed by atoms with E-state index in [1.807, 2.05) is 12.4 Å². The van der Waals surface area contributed by atoms with Crippen molar-refractivity contribution in [1.29, 1.82) is 0 Å². The SMILES string of the molecule is CCCCCn1c2nc(Cl)nc-2c([O-])n(CCCc2scnc2C)c1=O. The number of thiazole rings is 1. The third-order valence-corrected chi connectivity index (χ3v) is 5.56. The van der Waals surface area contributed by atoms with E-state index in [1.54, 1.807) is 11.3 Å². The van der Waals surface area contributed by atoms with E-state index in [0.717, 1.165) is 31.4 Å². The van der Waals surface area contributed by atoms with Crippen molar-refractivity contribution >= 4 is 22.9 Å². The van der Waals surface area contributed by atoms with Crippen LogP contribution >= 0.6 is 22.9 Å². The number of aryl methyl sites for hydroxylation is 2. The number of aromatic nitrogens is 5. The Morgan fingerprint density at radius 3 is 2.65 bits per heavy atom. The first-order valence-electron chi connectivity index (χ1n) is 8.75. The minimum absolute atomic E-state index is 0.00113. The fourth-order valence-electron chi connectivity index (χ4n) is 2.97. The van der Waals surface area contributed by atoms with Crippen molar-refractivity contribution in [1.82, 2.24) is 24.1 Å². The Kier molecular flexibility index (Phi) is 5.93. The molecule has 140 valence electrons. The Morgan fingerprint density at radius 1 is 1.19 bits per heavy atom. The first-order chi connectivity index (χ1) is 12.5. The first kappa shape index (κ1) is 18.8. The number of rotatable bonds is 8. The quantitative estimate of drug-likeness (QED) is 0.433. The van der Waals surface area contributed by atoms with Crippen molar-refractivity contribution in [3.8, 4) is 17.4 Å². The number of imidazole rings is 1. The summed E-state index contributed by atoms with van der Waals surface area (Å²) in [5.41, 5.74) is 2.64. The molecule has 2 aliphatic heterocycles. The number of unbranched alkanes of at least 4 members (excludes halogenated alkanes) is 2. The van der Waals surface area contributed by atoms with Gasteiger partial charge in [-0.25, -0.2) is 14.8 Å². The summed E-state index contributed by atoms with van der Waals surface area (Å²) < 4.78 is 2.79. The molecule has 0 saturated heterocycles. The zero-order valence-electron chi connectivity index (χ0n) is 14.9. The standard InChI is InChI=1S/C17H22ClN5O2S/c1-3-4-5-8-22-14-13(20-16(18)21-14)15(24)23(17(22)25)9-6-7-12-11(2)19-10-26-12/h10,24H,3-9H2,1-2H3/p-1. The highest BCUT2D eigenvalue weighted by Crippen LogP contribution is 2.27. The van der Waals surface area contributed by atoms with Gasteiger partial charge in [-0.1, -0.05) is 19.8 Å². The molecule has 0 N–H and O–H groups in total. The number of hydrogen-bond acceptors (Lipinski definition) is 6. The van der Waals surface area contributed by atoms with Gasteiger partial charge in [0.05, 0.1) is 11.2 Å². The molecule has 0 radical (unpaired) electrons. The molecule has 3 heterocycles. The molecule has 3 rings (SSSR count). The van der Waals surface area contributed by atoms with Gasteiger partial charge in [0, 0.05) is 18.0 Å². The van der Waals surface area contributed by atoms with Gasteiger partial charge >= 0.3 is 5.69 Å². The summed E-state index contributed by atoms with van der Waals surface area (Å²) in [6.45, 7) is 4.90. The maximum atomic E-state index is 12.9. The van der Waals surface area contributed by atoms with Crippen LogP contribution in [-0.4, -0.2) is 24.1 Å². The average molecular weight is 395 g/mol. The van der Waals surface area contributed by atoms with Crippen LogP contribution in [0, 0.1) is 6.92 Å². The van der Waals surface area contributed by atoms with Gasteiger partial charge in [0.1, 0.15) is 5.69 Å². The van der Waals surface area contributed by atoms with E-state index in [2.05, 4.69) is 21.9 Å². The largest absolute Gasteiger partial charge is 0.858 e. The van der Waals surface area contributed by atoms with Crippen molar-refractivity contribution in [2.45, 2.75) is 59.0 Å². The molecule has 0 aliphatic carbocycles. The van der Waals surface area contributed by atoms with Crippen LogP contribution in [-0.2, 0) is 19.5 Å². The van der Waals surface area contributed by atoms with Gasteiger partial charge in [-0.05, 0) is 43.7 Å². The normalized spacial score (nSPS) is 11.5. The number of nitrogens with zero attached hydrogens (tertiary/aromatic N) is 5. The molecule has 7 nitrogen and oxygen atoms in total. The molecule has 26 heavy (non-hydrogen) atoms. The van der Waals surface area contributed by atoms with Crippen molar-refractivity contribution < 1.29 is 5.11 Å². The fraction of sp³-hybridized carbons (Fsp3) is 0.529. The smallest absolute Gasteiger partial charge is 0.329 e. The van der Waals surface area contributed by atoms with Crippen molar-refractivity contribution in [3.63, 3.8) is 0 Å². The molecular formula is C17H21ClN5O2S-. The van der Waals surface area contributed by atoms with E-state index in [9.17, 15) is 9.90 Å². The van der Waals surface area contributed by atoms with Crippen LogP contribution in [0.5, 0.6) is 5.88 Å². The third-order valence-electron chi connectivity index (χ3n) is 4.39. The second kappa shape index (κ2) is 8.18. The Morgan fingerprint density at radius 2 is 1.96 bits per heavy atom. The molecule has 1 aromatic heterocycles. The van der Waals surface area contributed by atoms with E-state index in [1.165, 1.54) is 14.0 Å². The Balaban J connectivity index is 1.89. The minimum Gasteiger partial charge on any atom is -0.858 e. The molecule has 0 aromatic carbocycles. The summed E-state index contributed by atoms with van der Waals surface area (Å²) in [7, 11) is 0. The predicted molar refractivity (Wildman–Crippen MR) is 100 cm³/mol. The Labute approximate surface area is 160 Å². The fourth-order valence-corrected chi connectivity index (χ4v) is 3.96. The van der Waals surface area contributed by atoms with Crippen LogP contribution in [0.1, 0.15) is 43.2 Å². The summed E-state index contributed by atoms with van der Waals surface area (Å²) in [4.78, 5) is 26.4. The number of hydrogen-bond donors (Lipinski definition) is 0. The van der Waals surface area contributed by atoms with Gasteiger partial charge in [0.2, 0.25) is 5.28 Å². The lowest BCUT2D eigenvalue weighted by molar-refractivity contribution is -0.279. The van der Waals surface area contributed by atoms with Gasteiger partial charge in [-0.3, -0.25) is 4.57 Å². The predicted octanol–water partition coefficient (Wildman–Crippen LogP) is 2.86. The Hall–Kier alpha value is -1.93.